The van der Waals surface area contributed by atoms with E-state index in [1.807, 2.05) is 0 Å². The van der Waals surface area contributed by atoms with Crippen molar-refractivity contribution in [3.63, 3.8) is 0 Å². The predicted molar refractivity (Wildman–Crippen MR) is 71.3 cm³/mol. The van der Waals surface area contributed by atoms with Gasteiger partial charge in [0.25, 0.3) is 0 Å². The lowest BCUT2D eigenvalue weighted by molar-refractivity contribution is 0.606. The highest BCUT2D eigenvalue weighted by Gasteiger charge is 2.27. The first-order chi connectivity index (χ1) is 8.18. The topological polar surface area (TPSA) is 67.3 Å². The maximum Gasteiger partial charge on any atom is 0.0651 e. The van der Waals surface area contributed by atoms with Gasteiger partial charge in [0.05, 0.1) is 11.4 Å². The smallest absolute Gasteiger partial charge is 0.0651 e. The molecule has 0 amide bonds. The molecule has 92 valence electrons. The van der Waals surface area contributed by atoms with Gasteiger partial charge in [-0.1, -0.05) is 12.1 Å². The molecule has 2 unspecified atom stereocenters. The second-order valence-electron chi connectivity index (χ2n) is 5.11. The first kappa shape index (κ1) is 10.9. The van der Waals surface area contributed by atoms with Crippen molar-refractivity contribution < 1.29 is 0 Å². The number of rotatable bonds is 0. The largest absolute Gasteiger partial charge is 0.383 e. The fourth-order valence-corrected chi connectivity index (χ4v) is 2.94. The summed E-state index contributed by atoms with van der Waals surface area (Å²) < 4.78 is 0. The Hall–Kier alpha value is -1.26. The van der Waals surface area contributed by atoms with Crippen molar-refractivity contribution in [2.24, 2.45) is 11.5 Å². The molecule has 1 aromatic rings. The first-order valence-electron chi connectivity index (χ1n) is 6.31. The molecule has 2 heterocycles. The second kappa shape index (κ2) is 3.89. The normalized spacial score (nSPS) is 27.1. The maximum absolute atomic E-state index is 6.19. The standard InChI is InChI=1S/C13H20N4/c1-17-7-5-11(15)9-3-2-8-10(14)4-6-16-12(8)13(9)17/h2-3,10-11,16H,4-7,14-15H2,1H3. The van der Waals surface area contributed by atoms with Gasteiger partial charge in [-0.25, -0.2) is 0 Å². The highest BCUT2D eigenvalue weighted by Crippen LogP contribution is 2.43. The van der Waals surface area contributed by atoms with Crippen molar-refractivity contribution in [2.45, 2.75) is 24.9 Å². The molecule has 3 rings (SSSR count). The predicted octanol–water partition coefficient (Wildman–Crippen LogP) is 1.34. The average Bonchev–Trinajstić information content (AvgIpc) is 2.33. The van der Waals surface area contributed by atoms with E-state index >= 15 is 0 Å². The molecule has 0 radical (unpaired) electrons. The summed E-state index contributed by atoms with van der Waals surface area (Å²) >= 11 is 0. The Labute approximate surface area is 102 Å². The van der Waals surface area contributed by atoms with Crippen LogP contribution in [-0.4, -0.2) is 20.1 Å². The minimum Gasteiger partial charge on any atom is -0.383 e. The van der Waals surface area contributed by atoms with E-state index in [1.54, 1.807) is 0 Å². The minimum absolute atomic E-state index is 0.156. The molecule has 17 heavy (non-hydrogen) atoms. The zero-order chi connectivity index (χ0) is 12.0. The molecule has 2 atom stereocenters. The van der Waals surface area contributed by atoms with Gasteiger partial charge in [0.2, 0.25) is 0 Å². The van der Waals surface area contributed by atoms with Crippen LogP contribution in [0, 0.1) is 0 Å². The van der Waals surface area contributed by atoms with Crippen LogP contribution in [0.1, 0.15) is 36.1 Å². The Morgan fingerprint density at radius 1 is 1.18 bits per heavy atom. The number of benzene rings is 1. The lowest BCUT2D eigenvalue weighted by Crippen LogP contribution is -2.33. The molecule has 0 aromatic heterocycles. The molecule has 4 nitrogen and oxygen atoms in total. The van der Waals surface area contributed by atoms with Crippen LogP contribution in [0.3, 0.4) is 0 Å². The molecule has 2 aliphatic rings. The van der Waals surface area contributed by atoms with Gasteiger partial charge >= 0.3 is 0 Å². The maximum atomic E-state index is 6.19. The summed E-state index contributed by atoms with van der Waals surface area (Å²) in [5.41, 5.74) is 17.3. The highest BCUT2D eigenvalue weighted by atomic mass is 15.1. The summed E-state index contributed by atoms with van der Waals surface area (Å²) in [6, 6.07) is 4.61. The van der Waals surface area contributed by atoms with Gasteiger partial charge in [0.15, 0.2) is 0 Å². The van der Waals surface area contributed by atoms with Gasteiger partial charge in [0, 0.05) is 32.2 Å². The molecule has 0 aliphatic carbocycles. The molecule has 0 saturated carbocycles. The van der Waals surface area contributed by atoms with Crippen LogP contribution < -0.4 is 21.7 Å². The van der Waals surface area contributed by atoms with Crippen LogP contribution in [0.25, 0.3) is 0 Å². The van der Waals surface area contributed by atoms with E-state index in [4.69, 9.17) is 11.5 Å². The Morgan fingerprint density at radius 3 is 2.71 bits per heavy atom. The fraction of sp³-hybridized carbons (Fsp3) is 0.538. The number of fused-ring (bicyclic) bond motifs is 3. The van der Waals surface area contributed by atoms with Crippen LogP contribution in [-0.2, 0) is 0 Å². The Kier molecular flexibility index (Phi) is 2.49. The van der Waals surface area contributed by atoms with Gasteiger partial charge < -0.3 is 21.7 Å². The van der Waals surface area contributed by atoms with Crippen molar-refractivity contribution >= 4 is 11.4 Å². The summed E-state index contributed by atoms with van der Waals surface area (Å²) in [6.45, 7) is 1.97. The van der Waals surface area contributed by atoms with E-state index in [9.17, 15) is 0 Å². The summed E-state index contributed by atoms with van der Waals surface area (Å²) in [4.78, 5) is 2.29. The van der Waals surface area contributed by atoms with Gasteiger partial charge in [0.1, 0.15) is 0 Å². The molecule has 0 bridgehead atoms. The second-order valence-corrected chi connectivity index (χ2v) is 5.11. The van der Waals surface area contributed by atoms with Gasteiger partial charge in [-0.3, -0.25) is 0 Å². The third kappa shape index (κ3) is 1.59. The fourth-order valence-electron chi connectivity index (χ4n) is 2.94. The lowest BCUT2D eigenvalue weighted by Gasteiger charge is -2.36. The average molecular weight is 232 g/mol. The van der Waals surface area contributed by atoms with Crippen molar-refractivity contribution in [1.82, 2.24) is 0 Å². The number of hydrogen-bond donors (Lipinski definition) is 3. The van der Waals surface area contributed by atoms with E-state index < -0.39 is 0 Å². The molecule has 2 aliphatic heterocycles. The van der Waals surface area contributed by atoms with E-state index in [-0.39, 0.29) is 12.1 Å². The Morgan fingerprint density at radius 2 is 1.88 bits per heavy atom. The molecular weight excluding hydrogens is 212 g/mol. The van der Waals surface area contributed by atoms with Gasteiger partial charge in [-0.2, -0.15) is 0 Å². The van der Waals surface area contributed by atoms with Gasteiger partial charge in [-0.15, -0.1) is 0 Å². The van der Waals surface area contributed by atoms with E-state index in [0.717, 1.165) is 25.9 Å². The van der Waals surface area contributed by atoms with Crippen molar-refractivity contribution in [3.8, 4) is 0 Å². The van der Waals surface area contributed by atoms with E-state index in [2.05, 4.69) is 29.4 Å². The summed E-state index contributed by atoms with van der Waals surface area (Å²) in [6.07, 6.45) is 2.02. The van der Waals surface area contributed by atoms with Crippen LogP contribution >= 0.6 is 0 Å². The van der Waals surface area contributed by atoms with Crippen LogP contribution in [0.2, 0.25) is 0 Å². The SMILES string of the molecule is CN1CCC(N)c2ccc3c(c21)NCCC3N. The summed E-state index contributed by atoms with van der Waals surface area (Å²) in [5.74, 6) is 0. The number of nitrogens with zero attached hydrogens (tertiary/aromatic N) is 1. The van der Waals surface area contributed by atoms with Gasteiger partial charge in [-0.05, 0) is 24.0 Å². The third-order valence-corrected chi connectivity index (χ3v) is 3.95. The first-order valence-corrected chi connectivity index (χ1v) is 6.31. The summed E-state index contributed by atoms with van der Waals surface area (Å²) in [7, 11) is 2.13. The Bertz CT molecular complexity index is 443. The number of hydrogen-bond acceptors (Lipinski definition) is 4. The Balaban J connectivity index is 2.18. The molecule has 0 spiro atoms. The molecular formula is C13H20N4. The van der Waals surface area contributed by atoms with Crippen molar-refractivity contribution in [1.29, 1.82) is 0 Å². The van der Waals surface area contributed by atoms with Crippen LogP contribution in [0.15, 0.2) is 12.1 Å². The van der Waals surface area contributed by atoms with E-state index in [0.29, 0.717) is 0 Å². The minimum atomic E-state index is 0.156. The van der Waals surface area contributed by atoms with Crippen LogP contribution in [0.4, 0.5) is 11.4 Å². The third-order valence-electron chi connectivity index (χ3n) is 3.95. The number of nitrogens with two attached hydrogens (primary N) is 2. The lowest BCUT2D eigenvalue weighted by atomic mass is 9.90. The van der Waals surface area contributed by atoms with Crippen molar-refractivity contribution in [2.75, 3.05) is 30.4 Å². The van der Waals surface area contributed by atoms with Crippen molar-refractivity contribution in [3.05, 3.63) is 23.3 Å². The zero-order valence-corrected chi connectivity index (χ0v) is 10.2. The highest BCUT2D eigenvalue weighted by molar-refractivity contribution is 5.79. The van der Waals surface area contributed by atoms with E-state index in [1.165, 1.54) is 22.5 Å². The molecule has 1 aromatic carbocycles. The molecule has 0 saturated heterocycles. The molecule has 0 fully saturated rings. The summed E-state index contributed by atoms with van der Waals surface area (Å²) in [5, 5.41) is 3.49. The molecule has 5 N–H and O–H groups in total. The number of anilines is 2. The molecule has 4 heteroatoms. The quantitative estimate of drug-likeness (QED) is 0.631. The monoisotopic (exact) mass is 232 g/mol. The zero-order valence-electron chi connectivity index (χ0n) is 10.2. The van der Waals surface area contributed by atoms with Crippen LogP contribution in [0.5, 0.6) is 0 Å². The number of nitrogens with one attached hydrogen (secondary N) is 1.